The molecule has 90 valence electrons. The van der Waals surface area contributed by atoms with Crippen LogP contribution in [-0.2, 0) is 4.74 Å². The second-order valence-electron chi connectivity index (χ2n) is 3.95. The summed E-state index contributed by atoms with van der Waals surface area (Å²) >= 11 is 2.32. The van der Waals surface area contributed by atoms with Gasteiger partial charge < -0.3 is 10.1 Å². The Morgan fingerprint density at radius 3 is 2.44 bits per heavy atom. The maximum Gasteiger partial charge on any atom is 0.0671 e. The van der Waals surface area contributed by atoms with Gasteiger partial charge in [-0.1, -0.05) is 12.1 Å². The molecule has 0 aromatic heterocycles. The standard InChI is InChI=1S/C13H20INO/c1-4-16-10(2)9-15-11(3)12-5-7-13(14)8-6-12/h5-8,10-11,15H,4,9H2,1-3H3. The average molecular weight is 333 g/mol. The molecular weight excluding hydrogens is 313 g/mol. The molecule has 0 heterocycles. The van der Waals surface area contributed by atoms with Crippen molar-refractivity contribution in [2.24, 2.45) is 0 Å². The minimum Gasteiger partial charge on any atom is -0.377 e. The zero-order chi connectivity index (χ0) is 12.0. The van der Waals surface area contributed by atoms with Crippen LogP contribution in [0.5, 0.6) is 0 Å². The highest BCUT2D eigenvalue weighted by Gasteiger charge is 2.06. The fourth-order valence-corrected chi connectivity index (χ4v) is 1.92. The predicted molar refractivity (Wildman–Crippen MR) is 76.7 cm³/mol. The second kappa shape index (κ2) is 7.25. The van der Waals surface area contributed by atoms with Crippen molar-refractivity contribution in [3.63, 3.8) is 0 Å². The van der Waals surface area contributed by atoms with Crippen molar-refractivity contribution in [3.8, 4) is 0 Å². The number of halogens is 1. The van der Waals surface area contributed by atoms with Gasteiger partial charge in [0, 0.05) is 22.8 Å². The van der Waals surface area contributed by atoms with Crippen LogP contribution in [0.15, 0.2) is 24.3 Å². The molecule has 1 aromatic rings. The lowest BCUT2D eigenvalue weighted by Crippen LogP contribution is -2.29. The van der Waals surface area contributed by atoms with Crippen LogP contribution in [0.25, 0.3) is 0 Å². The van der Waals surface area contributed by atoms with Crippen LogP contribution in [0.2, 0.25) is 0 Å². The first kappa shape index (κ1) is 13.9. The number of benzene rings is 1. The maximum absolute atomic E-state index is 5.48. The number of hydrogen-bond acceptors (Lipinski definition) is 2. The Bertz CT molecular complexity index is 299. The summed E-state index contributed by atoms with van der Waals surface area (Å²) in [6.45, 7) is 7.97. The largest absolute Gasteiger partial charge is 0.377 e. The normalized spacial score (nSPS) is 14.8. The lowest BCUT2D eigenvalue weighted by molar-refractivity contribution is 0.0743. The first-order valence-corrected chi connectivity index (χ1v) is 6.81. The summed E-state index contributed by atoms with van der Waals surface area (Å²) in [4.78, 5) is 0. The minimum absolute atomic E-state index is 0.274. The van der Waals surface area contributed by atoms with E-state index in [1.54, 1.807) is 0 Å². The van der Waals surface area contributed by atoms with Crippen LogP contribution in [-0.4, -0.2) is 19.3 Å². The summed E-state index contributed by atoms with van der Waals surface area (Å²) in [7, 11) is 0. The van der Waals surface area contributed by atoms with E-state index in [0.717, 1.165) is 13.2 Å². The molecule has 2 atom stereocenters. The van der Waals surface area contributed by atoms with E-state index in [9.17, 15) is 0 Å². The van der Waals surface area contributed by atoms with E-state index < -0.39 is 0 Å². The van der Waals surface area contributed by atoms with Gasteiger partial charge in [-0.3, -0.25) is 0 Å². The first-order chi connectivity index (χ1) is 7.63. The molecule has 0 fully saturated rings. The molecule has 16 heavy (non-hydrogen) atoms. The topological polar surface area (TPSA) is 21.3 Å². The fourth-order valence-electron chi connectivity index (χ4n) is 1.56. The van der Waals surface area contributed by atoms with E-state index in [2.05, 4.69) is 66.0 Å². The van der Waals surface area contributed by atoms with Gasteiger partial charge in [0.1, 0.15) is 0 Å². The third-order valence-corrected chi connectivity index (χ3v) is 3.25. The quantitative estimate of drug-likeness (QED) is 0.806. The van der Waals surface area contributed by atoms with Gasteiger partial charge in [0.2, 0.25) is 0 Å². The van der Waals surface area contributed by atoms with Crippen molar-refractivity contribution in [1.82, 2.24) is 5.32 Å². The van der Waals surface area contributed by atoms with Crippen molar-refractivity contribution in [1.29, 1.82) is 0 Å². The summed E-state index contributed by atoms with van der Waals surface area (Å²) < 4.78 is 6.76. The van der Waals surface area contributed by atoms with E-state index >= 15 is 0 Å². The molecule has 0 aliphatic heterocycles. The van der Waals surface area contributed by atoms with Crippen LogP contribution >= 0.6 is 22.6 Å². The zero-order valence-electron chi connectivity index (χ0n) is 10.2. The minimum atomic E-state index is 0.274. The van der Waals surface area contributed by atoms with Crippen molar-refractivity contribution < 1.29 is 4.74 Å². The molecule has 0 spiro atoms. The van der Waals surface area contributed by atoms with Crippen molar-refractivity contribution >= 4 is 22.6 Å². The second-order valence-corrected chi connectivity index (χ2v) is 5.19. The lowest BCUT2D eigenvalue weighted by Gasteiger charge is -2.18. The molecule has 0 saturated carbocycles. The number of nitrogens with one attached hydrogen (secondary N) is 1. The fraction of sp³-hybridized carbons (Fsp3) is 0.538. The zero-order valence-corrected chi connectivity index (χ0v) is 12.3. The van der Waals surface area contributed by atoms with Crippen LogP contribution < -0.4 is 5.32 Å². The van der Waals surface area contributed by atoms with Crippen LogP contribution in [0.3, 0.4) is 0 Å². The smallest absolute Gasteiger partial charge is 0.0671 e. The molecule has 1 aromatic carbocycles. The summed E-state index contributed by atoms with van der Waals surface area (Å²) in [5.41, 5.74) is 1.32. The Kier molecular flexibility index (Phi) is 6.31. The molecule has 0 amide bonds. The van der Waals surface area contributed by atoms with Gasteiger partial charge in [0.05, 0.1) is 6.10 Å². The Hall–Kier alpha value is -0.130. The number of ether oxygens (including phenoxy) is 1. The van der Waals surface area contributed by atoms with Crippen LogP contribution in [0.1, 0.15) is 32.4 Å². The van der Waals surface area contributed by atoms with E-state index in [0.29, 0.717) is 6.04 Å². The highest BCUT2D eigenvalue weighted by molar-refractivity contribution is 14.1. The summed E-state index contributed by atoms with van der Waals surface area (Å²) in [6, 6.07) is 9.00. The van der Waals surface area contributed by atoms with E-state index in [1.807, 2.05) is 6.92 Å². The highest BCUT2D eigenvalue weighted by atomic mass is 127. The lowest BCUT2D eigenvalue weighted by atomic mass is 10.1. The van der Waals surface area contributed by atoms with Gasteiger partial charge in [-0.05, 0) is 61.1 Å². The van der Waals surface area contributed by atoms with Gasteiger partial charge in [-0.2, -0.15) is 0 Å². The summed E-state index contributed by atoms with van der Waals surface area (Å²) in [5.74, 6) is 0. The van der Waals surface area contributed by atoms with Crippen LogP contribution in [0, 0.1) is 3.57 Å². The van der Waals surface area contributed by atoms with Crippen LogP contribution in [0.4, 0.5) is 0 Å². The molecule has 2 unspecified atom stereocenters. The molecule has 2 nitrogen and oxygen atoms in total. The molecule has 0 radical (unpaired) electrons. The SMILES string of the molecule is CCOC(C)CNC(C)c1ccc(I)cc1. The van der Waals surface area contributed by atoms with E-state index in [-0.39, 0.29) is 6.10 Å². The third kappa shape index (κ3) is 4.80. The Labute approximate surface area is 112 Å². The molecule has 1 rings (SSSR count). The predicted octanol–water partition coefficient (Wildman–Crippen LogP) is 3.37. The molecule has 0 aliphatic rings. The molecule has 1 N–H and O–H groups in total. The van der Waals surface area contributed by atoms with Gasteiger partial charge >= 0.3 is 0 Å². The molecule has 0 aliphatic carbocycles. The van der Waals surface area contributed by atoms with Gasteiger partial charge in [-0.25, -0.2) is 0 Å². The van der Waals surface area contributed by atoms with Crippen molar-refractivity contribution in [2.75, 3.05) is 13.2 Å². The third-order valence-electron chi connectivity index (χ3n) is 2.53. The van der Waals surface area contributed by atoms with Gasteiger partial charge in [-0.15, -0.1) is 0 Å². The summed E-state index contributed by atoms with van der Waals surface area (Å²) in [5, 5.41) is 3.48. The Balaban J connectivity index is 2.40. The number of rotatable bonds is 6. The van der Waals surface area contributed by atoms with Crippen molar-refractivity contribution in [3.05, 3.63) is 33.4 Å². The maximum atomic E-state index is 5.48. The average Bonchev–Trinajstić information content (AvgIpc) is 2.27. The van der Waals surface area contributed by atoms with E-state index in [4.69, 9.17) is 4.74 Å². The van der Waals surface area contributed by atoms with Gasteiger partial charge in [0.25, 0.3) is 0 Å². The molecule has 0 bridgehead atoms. The molecule has 3 heteroatoms. The van der Waals surface area contributed by atoms with E-state index in [1.165, 1.54) is 9.13 Å². The summed E-state index contributed by atoms with van der Waals surface area (Å²) in [6.07, 6.45) is 0.274. The molecular formula is C13H20INO. The Morgan fingerprint density at radius 2 is 1.88 bits per heavy atom. The highest BCUT2D eigenvalue weighted by Crippen LogP contribution is 2.14. The molecule has 0 saturated heterocycles. The van der Waals surface area contributed by atoms with Gasteiger partial charge in [0.15, 0.2) is 0 Å². The monoisotopic (exact) mass is 333 g/mol. The Morgan fingerprint density at radius 1 is 1.25 bits per heavy atom. The van der Waals surface area contributed by atoms with Crippen molar-refractivity contribution in [2.45, 2.75) is 32.9 Å². The number of hydrogen-bond donors (Lipinski definition) is 1. The first-order valence-electron chi connectivity index (χ1n) is 5.74.